The molecule has 0 spiro atoms. The molecule has 1 aromatic heterocycles. The van der Waals surface area contributed by atoms with Gasteiger partial charge >= 0.3 is 6.18 Å². The van der Waals surface area contributed by atoms with Gasteiger partial charge in [0.2, 0.25) is 5.96 Å². The fourth-order valence-electron chi connectivity index (χ4n) is 4.31. The number of alkyl halides is 3. The van der Waals surface area contributed by atoms with E-state index in [1.807, 2.05) is 0 Å². The van der Waals surface area contributed by atoms with Crippen molar-refractivity contribution in [1.82, 2.24) is 20.4 Å². The first-order valence-corrected chi connectivity index (χ1v) is 10.5. The minimum atomic E-state index is -4.74. The summed E-state index contributed by atoms with van der Waals surface area (Å²) in [5.41, 5.74) is 5.74. The molecule has 3 aromatic rings. The molecule has 182 valence electrons. The lowest BCUT2D eigenvalue weighted by molar-refractivity contribution is -0.138. The Labute approximate surface area is 195 Å². The normalized spacial score (nSPS) is 17.0. The number of fused-ring (bicyclic) bond motifs is 2. The minimum absolute atomic E-state index is 0.152. The molecule has 0 fully saturated rings. The molecule has 1 atom stereocenters. The predicted molar refractivity (Wildman–Crippen MR) is 118 cm³/mol. The molecule has 0 radical (unpaired) electrons. The number of benzene rings is 2. The van der Waals surface area contributed by atoms with Gasteiger partial charge in [-0.25, -0.2) is 9.38 Å². The van der Waals surface area contributed by atoms with Crippen LogP contribution in [0, 0.1) is 5.82 Å². The molecule has 6 N–H and O–H groups in total. The number of aromatic amines is 2. The number of nitrogens with one attached hydrogen (secondary N) is 4. The second-order valence-electron chi connectivity index (χ2n) is 8.15. The van der Waals surface area contributed by atoms with Crippen LogP contribution in [0.1, 0.15) is 44.5 Å². The average molecular weight is 489 g/mol. The van der Waals surface area contributed by atoms with Crippen molar-refractivity contribution in [2.75, 3.05) is 5.32 Å². The van der Waals surface area contributed by atoms with Crippen molar-refractivity contribution in [2.24, 2.45) is 10.7 Å². The molecule has 5 rings (SSSR count). The van der Waals surface area contributed by atoms with E-state index < -0.39 is 41.7 Å². The van der Waals surface area contributed by atoms with Crippen LogP contribution in [0.15, 0.2) is 46.2 Å². The Balaban J connectivity index is 1.50. The van der Waals surface area contributed by atoms with Gasteiger partial charge in [0.05, 0.1) is 41.2 Å². The number of carbonyl (C=O) groups excluding carboxylic acids is 1. The molecule has 2 aliphatic rings. The minimum Gasteiger partial charge on any atom is -0.366 e. The summed E-state index contributed by atoms with van der Waals surface area (Å²) in [6.45, 7) is 0.0282. The largest absolute Gasteiger partial charge is 0.416 e. The highest BCUT2D eigenvalue weighted by atomic mass is 19.4. The van der Waals surface area contributed by atoms with Gasteiger partial charge in [-0.3, -0.25) is 20.0 Å². The van der Waals surface area contributed by atoms with E-state index in [0.29, 0.717) is 29.1 Å². The van der Waals surface area contributed by atoms with Gasteiger partial charge in [-0.15, -0.1) is 0 Å². The average Bonchev–Trinajstić information content (AvgIpc) is 3.38. The lowest BCUT2D eigenvalue weighted by atomic mass is 10.0. The number of para-hydroxylation sites is 1. The van der Waals surface area contributed by atoms with Gasteiger partial charge in [-0.2, -0.15) is 13.2 Å². The number of halogens is 4. The van der Waals surface area contributed by atoms with Crippen molar-refractivity contribution in [3.63, 3.8) is 0 Å². The fraction of sp³-hybridized carbons (Fsp3) is 0.227. The van der Waals surface area contributed by atoms with Crippen molar-refractivity contribution in [3.8, 4) is 0 Å². The van der Waals surface area contributed by atoms with Gasteiger partial charge in [0, 0.05) is 17.7 Å². The summed E-state index contributed by atoms with van der Waals surface area (Å²) < 4.78 is 54.7. The van der Waals surface area contributed by atoms with Gasteiger partial charge in [0.25, 0.3) is 11.5 Å². The fourth-order valence-corrected chi connectivity index (χ4v) is 4.31. The van der Waals surface area contributed by atoms with Crippen LogP contribution in [0.5, 0.6) is 0 Å². The molecule has 9 nitrogen and oxygen atoms in total. The van der Waals surface area contributed by atoms with Gasteiger partial charge in [0.15, 0.2) is 0 Å². The molecule has 35 heavy (non-hydrogen) atoms. The molecule has 3 heterocycles. The van der Waals surface area contributed by atoms with Gasteiger partial charge in [0.1, 0.15) is 12.0 Å². The molecular formula is C22H19F4N7O2. The molecule has 1 amide bonds. The van der Waals surface area contributed by atoms with Crippen LogP contribution in [0.3, 0.4) is 0 Å². The zero-order valence-corrected chi connectivity index (χ0v) is 18.0. The van der Waals surface area contributed by atoms with E-state index in [0.717, 1.165) is 18.2 Å². The molecule has 1 unspecified atom stereocenters. The Morgan fingerprint density at radius 1 is 1.17 bits per heavy atom. The van der Waals surface area contributed by atoms with E-state index in [2.05, 4.69) is 25.8 Å². The number of rotatable bonds is 4. The summed E-state index contributed by atoms with van der Waals surface area (Å²) in [7, 11) is 0. The topological polar surface area (TPSA) is 131 Å². The van der Waals surface area contributed by atoms with Crippen LogP contribution in [0.4, 0.5) is 23.2 Å². The molecule has 0 aliphatic carbocycles. The summed E-state index contributed by atoms with van der Waals surface area (Å²) in [5.74, 6) is -1.45. The van der Waals surface area contributed by atoms with Crippen molar-refractivity contribution >= 4 is 17.6 Å². The summed E-state index contributed by atoms with van der Waals surface area (Å²) in [4.78, 5) is 30.3. The lowest BCUT2D eigenvalue weighted by Gasteiger charge is -2.31. The molecule has 2 aromatic carbocycles. The quantitative estimate of drug-likeness (QED) is 0.360. The standard InChI is InChI=1S/C22H19F4N7O2/c23-15-6-2-5-14(22(24,25)26)12(15)7-28-19-11-4-1-3-10(18(27)34)17(11)29-21(30-19)33-8-13-16(9-33)31-32-20(13)35/h1-6,19,28H,7-9H2,(H2,27,34)(H,29,30)(H2,31,32,35). The summed E-state index contributed by atoms with van der Waals surface area (Å²) in [5, 5.41) is 11.2. The predicted octanol–water partition coefficient (Wildman–Crippen LogP) is 2.55. The van der Waals surface area contributed by atoms with Gasteiger partial charge in [-0.1, -0.05) is 18.2 Å². The van der Waals surface area contributed by atoms with E-state index in [-0.39, 0.29) is 23.6 Å². The first-order chi connectivity index (χ1) is 16.6. The van der Waals surface area contributed by atoms with Crippen molar-refractivity contribution in [1.29, 1.82) is 0 Å². The molecule has 13 heteroatoms. The molecule has 0 bridgehead atoms. The number of hydrogen-bond donors (Lipinski definition) is 5. The number of amides is 1. The number of primary amides is 1. The van der Waals surface area contributed by atoms with Crippen molar-refractivity contribution in [2.45, 2.75) is 32.0 Å². The van der Waals surface area contributed by atoms with Crippen molar-refractivity contribution < 1.29 is 22.4 Å². The summed E-state index contributed by atoms with van der Waals surface area (Å²) in [6.07, 6.45) is -5.67. The second kappa shape index (κ2) is 8.27. The zero-order chi connectivity index (χ0) is 24.9. The Morgan fingerprint density at radius 2 is 1.94 bits per heavy atom. The third kappa shape index (κ3) is 4.03. The van der Waals surface area contributed by atoms with Crippen LogP contribution < -0.4 is 21.9 Å². The van der Waals surface area contributed by atoms with Crippen LogP contribution in [-0.2, 0) is 25.8 Å². The van der Waals surface area contributed by atoms with Crippen LogP contribution in [-0.4, -0.2) is 27.0 Å². The third-order valence-electron chi connectivity index (χ3n) is 6.00. The highest BCUT2D eigenvalue weighted by Gasteiger charge is 2.35. The number of nitrogens with zero attached hydrogens (tertiary/aromatic N) is 2. The lowest BCUT2D eigenvalue weighted by Crippen LogP contribution is -2.39. The second-order valence-corrected chi connectivity index (χ2v) is 8.15. The molecular weight excluding hydrogens is 470 g/mol. The van der Waals surface area contributed by atoms with Crippen molar-refractivity contribution in [3.05, 3.63) is 86.1 Å². The first-order valence-electron chi connectivity index (χ1n) is 10.5. The van der Waals surface area contributed by atoms with E-state index in [9.17, 15) is 27.2 Å². The van der Waals surface area contributed by atoms with Crippen LogP contribution in [0.25, 0.3) is 0 Å². The Hall–Kier alpha value is -4.13. The maximum atomic E-state index is 14.4. The number of aromatic nitrogens is 2. The molecule has 0 saturated heterocycles. The van der Waals surface area contributed by atoms with E-state index >= 15 is 0 Å². The van der Waals surface area contributed by atoms with E-state index in [1.54, 1.807) is 17.0 Å². The highest BCUT2D eigenvalue weighted by Crippen LogP contribution is 2.36. The van der Waals surface area contributed by atoms with E-state index in [4.69, 9.17) is 5.73 Å². The number of aliphatic imine (C=N–C) groups is 1. The van der Waals surface area contributed by atoms with Gasteiger partial charge < -0.3 is 21.0 Å². The number of nitrogens with two attached hydrogens (primary N) is 1. The number of guanidine groups is 1. The zero-order valence-electron chi connectivity index (χ0n) is 18.0. The Bertz CT molecular complexity index is 1410. The number of H-pyrrole nitrogens is 2. The summed E-state index contributed by atoms with van der Waals surface area (Å²) >= 11 is 0. The van der Waals surface area contributed by atoms with Gasteiger partial charge in [-0.05, 0) is 18.2 Å². The third-order valence-corrected chi connectivity index (χ3v) is 6.00. The summed E-state index contributed by atoms with van der Waals surface area (Å²) in [6, 6.07) is 7.48. The van der Waals surface area contributed by atoms with Crippen LogP contribution >= 0.6 is 0 Å². The first kappa shape index (κ1) is 22.7. The number of hydrogen-bond acceptors (Lipinski definition) is 6. The van der Waals surface area contributed by atoms with Crippen LogP contribution in [0.2, 0.25) is 0 Å². The number of anilines is 1. The van der Waals surface area contributed by atoms with E-state index in [1.165, 1.54) is 6.07 Å². The Kier molecular flexibility index (Phi) is 5.35. The number of carbonyl (C=O) groups is 1. The smallest absolute Gasteiger partial charge is 0.366 e. The molecule has 0 saturated carbocycles. The maximum Gasteiger partial charge on any atom is 0.416 e. The molecule has 2 aliphatic heterocycles. The maximum absolute atomic E-state index is 14.4. The highest BCUT2D eigenvalue weighted by molar-refractivity contribution is 6.06. The SMILES string of the molecule is NC(=O)c1cccc2c1NC(N1Cc3[nH][nH]c(=O)c3C1)=NC2NCc1c(F)cccc1C(F)(F)F. The monoisotopic (exact) mass is 489 g/mol. The Morgan fingerprint density at radius 3 is 2.66 bits per heavy atom.